The van der Waals surface area contributed by atoms with Crippen molar-refractivity contribution >= 4 is 70.3 Å². The van der Waals surface area contributed by atoms with Crippen LogP contribution < -0.4 is 21.2 Å². The first kappa shape index (κ1) is 46.4. The molecule has 4 N–H and O–H groups in total. The molecule has 18 heteroatoms. The Kier molecular flexibility index (Phi) is 12.6. The fourth-order valence-corrected chi connectivity index (χ4v) is 10.9. The smallest absolute Gasteiger partial charge is 0.351 e. The minimum absolute atomic E-state index is 0.0514. The zero-order valence-corrected chi connectivity index (χ0v) is 39.0. The number of hydrogen-bond acceptors (Lipinski definition) is 9. The maximum absolute atomic E-state index is 14.4. The van der Waals surface area contributed by atoms with Crippen molar-refractivity contribution in [3.63, 3.8) is 0 Å². The second kappa shape index (κ2) is 17.9. The molecule has 5 heterocycles. The monoisotopic (exact) mass is 921 g/mol. The lowest BCUT2D eigenvalue weighted by Gasteiger charge is -2.29. The number of hydrogen-bond donors (Lipinski definition) is 4. The molecule has 0 aliphatic carbocycles. The number of unbranched alkanes of at least 4 members (excludes halogenated alkanes) is 3. The van der Waals surface area contributed by atoms with Gasteiger partial charge in [0.25, 0.3) is 11.4 Å². The Balaban J connectivity index is 0.910. The molecular formula is C48H56N7O10P. The first-order valence-corrected chi connectivity index (χ1v) is 24.0. The van der Waals surface area contributed by atoms with Crippen LogP contribution >= 0.6 is 7.60 Å². The number of piperidine rings is 1. The molecule has 3 aliphatic rings. The minimum atomic E-state index is -4.66. The van der Waals surface area contributed by atoms with E-state index < -0.39 is 48.7 Å². The van der Waals surface area contributed by atoms with Gasteiger partial charge in [-0.2, -0.15) is 0 Å². The summed E-state index contributed by atoms with van der Waals surface area (Å²) in [6, 6.07) is 13.5. The standard InChI is InChI=1S/C48H56N7O10P/c1-48(2,3)65-66(63,64)46(61)30-15-16-33-31(24-30)25-35(49-33)42(57)50-34-17-14-29-21-28(22-32-26-39(45(60)52(4)5)55(41(29)32)44(34)59)12-10-8-7-9-11-27-13-18-36-38(23-27)53(6)47(62)54(36)37-19-20-40(56)51-43(37)58/h13,15-16,18,21-25,34,37,39,49H,7-12,14,17,19-20,26H2,1-6H3,(H,50,57)(H,63,64)(H,51,56,58)/t34?,37?,39-/m0/s1. The van der Waals surface area contributed by atoms with Gasteiger partial charge in [-0.1, -0.05) is 31.0 Å². The van der Waals surface area contributed by atoms with Crippen molar-refractivity contribution in [3.8, 4) is 0 Å². The Morgan fingerprint density at radius 2 is 1.59 bits per heavy atom. The van der Waals surface area contributed by atoms with Gasteiger partial charge in [-0.3, -0.25) is 57.2 Å². The Bertz CT molecular complexity index is 2940. The van der Waals surface area contributed by atoms with E-state index in [2.05, 4.69) is 27.8 Å². The minimum Gasteiger partial charge on any atom is -0.351 e. The first-order valence-electron chi connectivity index (χ1n) is 22.5. The molecule has 5 aromatic rings. The Hall–Kier alpha value is -6.16. The lowest BCUT2D eigenvalue weighted by molar-refractivity contribution is -0.135. The van der Waals surface area contributed by atoms with Crippen LogP contribution in [0.5, 0.6) is 0 Å². The molecule has 0 radical (unpaired) electrons. The summed E-state index contributed by atoms with van der Waals surface area (Å²) in [6.07, 6.45) is 7.12. The number of H-pyrrole nitrogens is 1. The summed E-state index contributed by atoms with van der Waals surface area (Å²) in [5.41, 5.74) is 4.44. The van der Waals surface area contributed by atoms with E-state index in [1.807, 2.05) is 18.2 Å². The molecule has 3 aromatic carbocycles. The third-order valence-electron chi connectivity index (χ3n) is 12.7. The zero-order chi connectivity index (χ0) is 47.4. The second-order valence-electron chi connectivity index (χ2n) is 18.9. The highest BCUT2D eigenvalue weighted by Gasteiger charge is 2.45. The second-order valence-corrected chi connectivity index (χ2v) is 20.5. The van der Waals surface area contributed by atoms with Crippen LogP contribution in [0.2, 0.25) is 0 Å². The Morgan fingerprint density at radius 1 is 0.879 bits per heavy atom. The van der Waals surface area contributed by atoms with Crippen LogP contribution in [-0.4, -0.2) is 90.8 Å². The van der Waals surface area contributed by atoms with E-state index in [4.69, 9.17) is 4.52 Å². The van der Waals surface area contributed by atoms with Gasteiger partial charge in [-0.15, -0.1) is 0 Å². The molecule has 4 atom stereocenters. The maximum atomic E-state index is 14.4. The van der Waals surface area contributed by atoms with Crippen molar-refractivity contribution in [2.24, 2.45) is 7.05 Å². The van der Waals surface area contributed by atoms with Gasteiger partial charge in [0.05, 0.1) is 22.3 Å². The SMILES string of the molecule is CN(C)C(=O)[C@@H]1Cc2cc(CCCCCCc3ccc4c(c3)n(C)c(=O)n4C3CCC(=O)NC3=O)cc3c2N1C(=O)C(NC(=O)c1cc2cc(C(=O)P(=O)(O)OC(C)(C)C)ccc2[nH]1)CC3. The van der Waals surface area contributed by atoms with Crippen LogP contribution in [-0.2, 0) is 61.0 Å². The number of fused-ring (bicyclic) bond motifs is 2. The number of anilines is 1. The summed E-state index contributed by atoms with van der Waals surface area (Å²) >= 11 is 0. The van der Waals surface area contributed by atoms with E-state index in [0.29, 0.717) is 35.7 Å². The van der Waals surface area contributed by atoms with Gasteiger partial charge in [-0.05, 0) is 124 Å². The summed E-state index contributed by atoms with van der Waals surface area (Å²) in [7, 11) is 0.356. The van der Waals surface area contributed by atoms with Gasteiger partial charge >= 0.3 is 13.3 Å². The molecule has 3 unspecified atom stereocenters. The summed E-state index contributed by atoms with van der Waals surface area (Å²) < 4.78 is 21.0. The number of nitrogens with zero attached hydrogens (tertiary/aromatic N) is 4. The first-order chi connectivity index (χ1) is 31.2. The molecule has 8 rings (SSSR count). The topological polar surface area (TPSA) is 222 Å². The maximum Gasteiger partial charge on any atom is 0.399 e. The average molecular weight is 922 g/mol. The van der Waals surface area contributed by atoms with Gasteiger partial charge in [0.15, 0.2) is 0 Å². The highest BCUT2D eigenvalue weighted by Crippen LogP contribution is 2.49. The van der Waals surface area contributed by atoms with E-state index in [1.165, 1.54) is 33.7 Å². The average Bonchev–Trinajstić information content (AvgIpc) is 3.90. The van der Waals surface area contributed by atoms with E-state index in [9.17, 15) is 43.0 Å². The number of carbonyl (C=O) groups excluding carboxylic acids is 6. The number of nitrogens with one attached hydrogen (secondary N) is 3. The van der Waals surface area contributed by atoms with Crippen LogP contribution in [0.15, 0.2) is 59.4 Å². The molecule has 0 spiro atoms. The van der Waals surface area contributed by atoms with Gasteiger partial charge < -0.3 is 20.1 Å². The molecule has 5 amide bonds. The van der Waals surface area contributed by atoms with E-state index in [1.54, 1.807) is 51.4 Å². The van der Waals surface area contributed by atoms with Gasteiger partial charge in [0.1, 0.15) is 23.8 Å². The number of rotatable bonds is 14. The number of imidazole rings is 1. The van der Waals surface area contributed by atoms with Crippen molar-refractivity contribution in [2.75, 3.05) is 19.0 Å². The van der Waals surface area contributed by atoms with Crippen LogP contribution in [0.3, 0.4) is 0 Å². The number of amides is 5. The quantitative estimate of drug-likeness (QED) is 0.0633. The summed E-state index contributed by atoms with van der Waals surface area (Å²) in [6.45, 7) is 4.71. The molecule has 66 heavy (non-hydrogen) atoms. The van der Waals surface area contributed by atoms with Crippen molar-refractivity contribution in [2.45, 2.75) is 115 Å². The van der Waals surface area contributed by atoms with E-state index >= 15 is 0 Å². The largest absolute Gasteiger partial charge is 0.399 e. The normalized spacial score (nSPS) is 19.4. The molecule has 2 aromatic heterocycles. The van der Waals surface area contributed by atoms with Crippen LogP contribution in [0.4, 0.5) is 5.69 Å². The van der Waals surface area contributed by atoms with Crippen molar-refractivity contribution < 1.29 is 42.7 Å². The van der Waals surface area contributed by atoms with Crippen molar-refractivity contribution in [1.82, 2.24) is 29.7 Å². The molecule has 0 bridgehead atoms. The van der Waals surface area contributed by atoms with Gasteiger partial charge in [-0.25, -0.2) is 4.79 Å². The van der Waals surface area contributed by atoms with E-state index in [0.717, 1.165) is 72.0 Å². The molecule has 1 fully saturated rings. The summed E-state index contributed by atoms with van der Waals surface area (Å²) in [5, 5.41) is 5.69. The summed E-state index contributed by atoms with van der Waals surface area (Å²) in [4.78, 5) is 109. The predicted octanol–water partition coefficient (Wildman–Crippen LogP) is 5.38. The molecular weight excluding hydrogens is 866 g/mol. The number of benzene rings is 3. The summed E-state index contributed by atoms with van der Waals surface area (Å²) in [5.74, 6) is -1.93. The fourth-order valence-electron chi connectivity index (χ4n) is 9.58. The van der Waals surface area contributed by atoms with Crippen LogP contribution in [0.25, 0.3) is 21.9 Å². The van der Waals surface area contributed by atoms with Crippen LogP contribution in [0.1, 0.15) is 115 Å². The number of aromatic amines is 1. The van der Waals surface area contributed by atoms with Gasteiger partial charge in [0, 0.05) is 50.5 Å². The number of aromatic nitrogens is 3. The molecule has 17 nitrogen and oxygen atoms in total. The van der Waals surface area contributed by atoms with Crippen LogP contribution in [0, 0.1) is 0 Å². The van der Waals surface area contributed by atoms with Crippen molar-refractivity contribution in [1.29, 1.82) is 0 Å². The zero-order valence-electron chi connectivity index (χ0n) is 38.1. The lowest BCUT2D eigenvalue weighted by atomic mass is 9.95. The number of aryl methyl sites for hydroxylation is 4. The molecule has 0 saturated carbocycles. The number of carbonyl (C=O) groups is 6. The molecule has 1 saturated heterocycles. The lowest BCUT2D eigenvalue weighted by Crippen LogP contribution is -2.54. The third kappa shape index (κ3) is 9.16. The van der Waals surface area contributed by atoms with E-state index in [-0.39, 0.29) is 47.5 Å². The molecule has 348 valence electrons. The van der Waals surface area contributed by atoms with Crippen molar-refractivity contribution in [3.05, 3.63) is 98.6 Å². The Labute approximate surface area is 381 Å². The highest BCUT2D eigenvalue weighted by atomic mass is 31.2. The molecule has 3 aliphatic heterocycles. The predicted molar refractivity (Wildman–Crippen MR) is 247 cm³/mol. The Morgan fingerprint density at radius 3 is 2.29 bits per heavy atom. The highest BCUT2D eigenvalue weighted by molar-refractivity contribution is 7.71. The third-order valence-corrected chi connectivity index (χ3v) is 14.3. The fraction of sp³-hybridized carbons (Fsp3) is 0.438. The van der Waals surface area contributed by atoms with Gasteiger partial charge in [0.2, 0.25) is 23.6 Å². The number of imide groups is 1. The number of likely N-dealkylation sites (N-methyl/N-ethyl adjacent to an activating group) is 1.